The summed E-state index contributed by atoms with van der Waals surface area (Å²) in [5.41, 5.74) is 1.48. The number of hydrogen-bond donors (Lipinski definition) is 1. The highest BCUT2D eigenvalue weighted by Crippen LogP contribution is 2.39. The van der Waals surface area contributed by atoms with Crippen molar-refractivity contribution < 1.29 is 0 Å². The molecule has 0 spiro atoms. The van der Waals surface area contributed by atoms with Gasteiger partial charge in [-0.15, -0.1) is 0 Å². The Morgan fingerprint density at radius 1 is 1.26 bits per heavy atom. The van der Waals surface area contributed by atoms with Crippen LogP contribution >= 0.6 is 15.9 Å². The Morgan fingerprint density at radius 2 is 2.00 bits per heavy atom. The van der Waals surface area contributed by atoms with Crippen LogP contribution in [0.4, 0.5) is 0 Å². The third-order valence-electron chi connectivity index (χ3n) is 4.55. The van der Waals surface area contributed by atoms with Gasteiger partial charge in [-0.3, -0.25) is 0 Å². The quantitative estimate of drug-likeness (QED) is 0.863. The van der Waals surface area contributed by atoms with E-state index in [1.165, 1.54) is 42.3 Å². The first-order valence-corrected chi connectivity index (χ1v) is 8.21. The summed E-state index contributed by atoms with van der Waals surface area (Å²) in [6.45, 7) is 2.33. The SMILES string of the molecule is CN(CCNC1CC(c2ccccc2Br)C1)C1CC1. The van der Waals surface area contributed by atoms with E-state index in [0.717, 1.165) is 24.5 Å². The maximum Gasteiger partial charge on any atom is 0.0210 e. The zero-order valence-corrected chi connectivity index (χ0v) is 13.2. The summed E-state index contributed by atoms with van der Waals surface area (Å²) >= 11 is 3.66. The Balaban J connectivity index is 1.37. The van der Waals surface area contributed by atoms with Crippen molar-refractivity contribution in [2.75, 3.05) is 20.1 Å². The number of benzene rings is 1. The van der Waals surface area contributed by atoms with Crippen LogP contribution < -0.4 is 5.32 Å². The summed E-state index contributed by atoms with van der Waals surface area (Å²) < 4.78 is 1.27. The molecule has 2 aliphatic rings. The average molecular weight is 323 g/mol. The molecular weight excluding hydrogens is 300 g/mol. The molecule has 2 saturated carbocycles. The van der Waals surface area contributed by atoms with E-state index in [1.807, 2.05) is 0 Å². The zero-order valence-electron chi connectivity index (χ0n) is 11.6. The first-order valence-electron chi connectivity index (χ1n) is 7.42. The van der Waals surface area contributed by atoms with Crippen LogP contribution in [0.3, 0.4) is 0 Å². The van der Waals surface area contributed by atoms with Gasteiger partial charge in [-0.05, 0) is 50.3 Å². The van der Waals surface area contributed by atoms with E-state index < -0.39 is 0 Å². The minimum Gasteiger partial charge on any atom is -0.313 e. The fourth-order valence-corrected chi connectivity index (χ4v) is 3.60. The maximum atomic E-state index is 3.69. The first kappa shape index (κ1) is 13.6. The third kappa shape index (κ3) is 3.39. The molecule has 0 saturated heterocycles. The molecular formula is C16H23BrN2. The van der Waals surface area contributed by atoms with Crippen LogP contribution in [0, 0.1) is 0 Å². The lowest BCUT2D eigenvalue weighted by molar-refractivity contribution is 0.262. The zero-order chi connectivity index (χ0) is 13.2. The second kappa shape index (κ2) is 5.94. The van der Waals surface area contributed by atoms with Crippen LogP contribution in [0.15, 0.2) is 28.7 Å². The lowest BCUT2D eigenvalue weighted by Gasteiger charge is -2.37. The fourth-order valence-electron chi connectivity index (χ4n) is 2.99. The van der Waals surface area contributed by atoms with E-state index in [0.29, 0.717) is 0 Å². The molecule has 3 heteroatoms. The number of halogens is 1. The summed E-state index contributed by atoms with van der Waals surface area (Å²) in [6, 6.07) is 10.3. The number of hydrogen-bond acceptors (Lipinski definition) is 2. The smallest absolute Gasteiger partial charge is 0.0210 e. The van der Waals surface area contributed by atoms with Gasteiger partial charge >= 0.3 is 0 Å². The molecule has 0 unspecified atom stereocenters. The van der Waals surface area contributed by atoms with Crippen molar-refractivity contribution in [2.45, 2.75) is 43.7 Å². The third-order valence-corrected chi connectivity index (χ3v) is 5.27. The minimum absolute atomic E-state index is 0.727. The molecule has 2 fully saturated rings. The van der Waals surface area contributed by atoms with Crippen molar-refractivity contribution in [3.63, 3.8) is 0 Å². The molecule has 0 heterocycles. The summed E-state index contributed by atoms with van der Waals surface area (Å²) in [7, 11) is 2.25. The van der Waals surface area contributed by atoms with Crippen LogP contribution in [0.1, 0.15) is 37.2 Å². The first-order chi connectivity index (χ1) is 9.24. The molecule has 1 aromatic carbocycles. The fraction of sp³-hybridized carbons (Fsp3) is 0.625. The summed E-state index contributed by atoms with van der Waals surface area (Å²) in [5, 5.41) is 3.69. The Labute approximate surface area is 124 Å². The second-order valence-corrected chi connectivity index (χ2v) is 6.91. The van der Waals surface area contributed by atoms with Crippen molar-refractivity contribution >= 4 is 15.9 Å². The highest BCUT2D eigenvalue weighted by atomic mass is 79.9. The monoisotopic (exact) mass is 322 g/mol. The van der Waals surface area contributed by atoms with Crippen LogP contribution in [0.5, 0.6) is 0 Å². The van der Waals surface area contributed by atoms with E-state index in [1.54, 1.807) is 0 Å². The van der Waals surface area contributed by atoms with E-state index in [2.05, 4.69) is 57.5 Å². The largest absolute Gasteiger partial charge is 0.313 e. The van der Waals surface area contributed by atoms with Gasteiger partial charge in [0.2, 0.25) is 0 Å². The van der Waals surface area contributed by atoms with Gasteiger partial charge in [0.1, 0.15) is 0 Å². The maximum absolute atomic E-state index is 3.69. The predicted octanol–water partition coefficient (Wildman–Crippen LogP) is 3.38. The molecule has 3 rings (SSSR count). The van der Waals surface area contributed by atoms with Gasteiger partial charge in [0, 0.05) is 29.6 Å². The van der Waals surface area contributed by atoms with Crippen LogP contribution in [0.2, 0.25) is 0 Å². The molecule has 0 atom stereocenters. The Hall–Kier alpha value is -0.380. The van der Waals surface area contributed by atoms with Crippen molar-refractivity contribution in [3.8, 4) is 0 Å². The number of rotatable bonds is 6. The standard InChI is InChI=1S/C16H23BrN2/c1-19(14-6-7-14)9-8-18-13-10-12(11-13)15-4-2-3-5-16(15)17/h2-5,12-14,18H,6-11H2,1H3. The van der Waals surface area contributed by atoms with Gasteiger partial charge in [-0.1, -0.05) is 34.1 Å². The van der Waals surface area contributed by atoms with Crippen LogP contribution in [0.25, 0.3) is 0 Å². The van der Waals surface area contributed by atoms with Crippen molar-refractivity contribution in [1.29, 1.82) is 0 Å². The molecule has 104 valence electrons. The Bertz CT molecular complexity index is 425. The molecule has 0 amide bonds. The number of nitrogens with one attached hydrogen (secondary N) is 1. The normalized spacial score (nSPS) is 26.5. The molecule has 2 nitrogen and oxygen atoms in total. The number of likely N-dealkylation sites (N-methyl/N-ethyl adjacent to an activating group) is 1. The van der Waals surface area contributed by atoms with Gasteiger partial charge in [-0.2, -0.15) is 0 Å². The summed E-state index contributed by atoms with van der Waals surface area (Å²) in [5.74, 6) is 0.745. The van der Waals surface area contributed by atoms with Gasteiger partial charge in [0.15, 0.2) is 0 Å². The van der Waals surface area contributed by atoms with Gasteiger partial charge in [-0.25, -0.2) is 0 Å². The van der Waals surface area contributed by atoms with Crippen LogP contribution in [-0.4, -0.2) is 37.1 Å². The van der Waals surface area contributed by atoms with E-state index in [9.17, 15) is 0 Å². The molecule has 0 aliphatic heterocycles. The molecule has 1 aromatic rings. The summed E-state index contributed by atoms with van der Waals surface area (Å²) in [6.07, 6.45) is 5.39. The van der Waals surface area contributed by atoms with Crippen LogP contribution in [-0.2, 0) is 0 Å². The molecule has 2 aliphatic carbocycles. The highest BCUT2D eigenvalue weighted by Gasteiger charge is 2.31. The molecule has 0 aromatic heterocycles. The Morgan fingerprint density at radius 3 is 2.68 bits per heavy atom. The highest BCUT2D eigenvalue weighted by molar-refractivity contribution is 9.10. The van der Waals surface area contributed by atoms with Crippen molar-refractivity contribution in [2.24, 2.45) is 0 Å². The van der Waals surface area contributed by atoms with E-state index in [-0.39, 0.29) is 0 Å². The van der Waals surface area contributed by atoms with Gasteiger partial charge in [0.25, 0.3) is 0 Å². The van der Waals surface area contributed by atoms with Gasteiger partial charge < -0.3 is 10.2 Å². The molecule has 1 N–H and O–H groups in total. The lowest BCUT2D eigenvalue weighted by atomic mass is 9.76. The molecule has 0 radical (unpaired) electrons. The van der Waals surface area contributed by atoms with E-state index >= 15 is 0 Å². The topological polar surface area (TPSA) is 15.3 Å². The van der Waals surface area contributed by atoms with Crippen molar-refractivity contribution in [3.05, 3.63) is 34.3 Å². The van der Waals surface area contributed by atoms with Gasteiger partial charge in [0.05, 0.1) is 0 Å². The summed E-state index contributed by atoms with van der Waals surface area (Å²) in [4.78, 5) is 2.50. The molecule has 19 heavy (non-hydrogen) atoms. The van der Waals surface area contributed by atoms with E-state index in [4.69, 9.17) is 0 Å². The Kier molecular flexibility index (Phi) is 4.25. The average Bonchev–Trinajstić information content (AvgIpc) is 3.17. The number of nitrogens with zero attached hydrogens (tertiary/aromatic N) is 1. The predicted molar refractivity (Wildman–Crippen MR) is 83.6 cm³/mol. The van der Waals surface area contributed by atoms with Crippen molar-refractivity contribution in [1.82, 2.24) is 10.2 Å². The lowest BCUT2D eigenvalue weighted by Crippen LogP contribution is -2.43. The second-order valence-electron chi connectivity index (χ2n) is 6.05. The minimum atomic E-state index is 0.727. The molecule has 0 bridgehead atoms.